The standard InChI is InChI=1S/C11H15N3S/c1-11(2,3)10-8(7-12-14(10)4)9-5-6-13-15-9/h5-7H,1-4H3. The van der Waals surface area contributed by atoms with Crippen LogP contribution in [-0.2, 0) is 12.5 Å². The summed E-state index contributed by atoms with van der Waals surface area (Å²) < 4.78 is 6.09. The Labute approximate surface area is 93.9 Å². The van der Waals surface area contributed by atoms with Gasteiger partial charge in [0.2, 0.25) is 0 Å². The van der Waals surface area contributed by atoms with Crippen LogP contribution in [0.2, 0.25) is 0 Å². The predicted octanol–water partition coefficient (Wildman–Crippen LogP) is 2.84. The van der Waals surface area contributed by atoms with Gasteiger partial charge in [0.25, 0.3) is 0 Å². The number of hydrogen-bond donors (Lipinski definition) is 0. The second-order valence-electron chi connectivity index (χ2n) is 4.66. The van der Waals surface area contributed by atoms with Crippen molar-refractivity contribution >= 4 is 11.5 Å². The first kappa shape index (κ1) is 10.4. The van der Waals surface area contributed by atoms with E-state index >= 15 is 0 Å². The van der Waals surface area contributed by atoms with Crippen molar-refractivity contribution < 1.29 is 0 Å². The molecular formula is C11H15N3S. The van der Waals surface area contributed by atoms with Crippen LogP contribution in [0, 0.1) is 0 Å². The number of rotatable bonds is 1. The molecule has 2 aromatic heterocycles. The highest BCUT2D eigenvalue weighted by Crippen LogP contribution is 2.33. The maximum absolute atomic E-state index is 4.33. The van der Waals surface area contributed by atoms with Crippen molar-refractivity contribution in [3.05, 3.63) is 24.2 Å². The van der Waals surface area contributed by atoms with Crippen LogP contribution in [0.5, 0.6) is 0 Å². The minimum atomic E-state index is 0.102. The molecule has 2 rings (SSSR count). The Bertz CT molecular complexity index is 449. The van der Waals surface area contributed by atoms with Crippen LogP contribution in [0.25, 0.3) is 10.4 Å². The van der Waals surface area contributed by atoms with Crippen LogP contribution in [0.4, 0.5) is 0 Å². The summed E-state index contributed by atoms with van der Waals surface area (Å²) in [4.78, 5) is 1.19. The van der Waals surface area contributed by atoms with Crippen LogP contribution in [0.1, 0.15) is 26.5 Å². The summed E-state index contributed by atoms with van der Waals surface area (Å²) in [5.41, 5.74) is 2.56. The topological polar surface area (TPSA) is 30.7 Å². The highest BCUT2D eigenvalue weighted by Gasteiger charge is 2.23. The predicted molar refractivity (Wildman–Crippen MR) is 63.0 cm³/mol. The minimum Gasteiger partial charge on any atom is -0.271 e. The first-order valence-corrected chi connectivity index (χ1v) is 5.71. The monoisotopic (exact) mass is 221 g/mol. The van der Waals surface area contributed by atoms with Gasteiger partial charge < -0.3 is 0 Å². The van der Waals surface area contributed by atoms with Crippen LogP contribution in [0.15, 0.2) is 18.5 Å². The fourth-order valence-corrected chi connectivity index (χ4v) is 2.47. The summed E-state index contributed by atoms with van der Waals surface area (Å²) in [6.07, 6.45) is 3.76. The largest absolute Gasteiger partial charge is 0.271 e. The maximum atomic E-state index is 4.33. The summed E-state index contributed by atoms with van der Waals surface area (Å²) >= 11 is 1.52. The Morgan fingerprint density at radius 1 is 1.33 bits per heavy atom. The van der Waals surface area contributed by atoms with E-state index in [1.54, 1.807) is 0 Å². The van der Waals surface area contributed by atoms with Crippen molar-refractivity contribution in [1.82, 2.24) is 14.2 Å². The van der Waals surface area contributed by atoms with E-state index in [0.717, 1.165) is 0 Å². The smallest absolute Gasteiger partial charge is 0.0584 e. The van der Waals surface area contributed by atoms with Gasteiger partial charge in [0.05, 0.1) is 16.8 Å². The van der Waals surface area contributed by atoms with Crippen LogP contribution >= 0.6 is 11.5 Å². The van der Waals surface area contributed by atoms with Gasteiger partial charge in [-0.3, -0.25) is 4.68 Å². The van der Waals surface area contributed by atoms with Gasteiger partial charge in [-0.1, -0.05) is 20.8 Å². The summed E-state index contributed by atoms with van der Waals surface area (Å²) in [5.74, 6) is 0. The van der Waals surface area contributed by atoms with Gasteiger partial charge in [-0.2, -0.15) is 5.10 Å². The molecule has 0 bridgehead atoms. The molecule has 2 heterocycles. The third-order valence-electron chi connectivity index (χ3n) is 2.35. The Morgan fingerprint density at radius 2 is 2.07 bits per heavy atom. The zero-order valence-electron chi connectivity index (χ0n) is 9.48. The van der Waals surface area contributed by atoms with Gasteiger partial charge in [0, 0.05) is 24.2 Å². The van der Waals surface area contributed by atoms with E-state index in [0.29, 0.717) is 0 Å². The summed E-state index contributed by atoms with van der Waals surface area (Å²) in [5, 5.41) is 4.33. The molecule has 0 unspecified atom stereocenters. The summed E-state index contributed by atoms with van der Waals surface area (Å²) in [6.45, 7) is 6.61. The number of aryl methyl sites for hydroxylation is 1. The molecule has 0 fully saturated rings. The molecule has 0 saturated heterocycles. The van der Waals surface area contributed by atoms with Gasteiger partial charge in [-0.05, 0) is 17.6 Å². The van der Waals surface area contributed by atoms with Crippen molar-refractivity contribution in [1.29, 1.82) is 0 Å². The molecule has 0 amide bonds. The molecule has 0 atom stereocenters. The zero-order chi connectivity index (χ0) is 11.1. The van der Waals surface area contributed by atoms with E-state index in [-0.39, 0.29) is 5.41 Å². The van der Waals surface area contributed by atoms with Gasteiger partial charge in [-0.15, -0.1) is 0 Å². The average molecular weight is 221 g/mol. The van der Waals surface area contributed by atoms with E-state index in [1.807, 2.05) is 30.2 Å². The third-order valence-corrected chi connectivity index (χ3v) is 3.13. The molecule has 0 saturated carbocycles. The molecule has 0 aliphatic carbocycles. The van der Waals surface area contributed by atoms with Gasteiger partial charge in [0.15, 0.2) is 0 Å². The Hall–Kier alpha value is -1.16. The van der Waals surface area contributed by atoms with Crippen LogP contribution in [-0.4, -0.2) is 14.2 Å². The van der Waals surface area contributed by atoms with Crippen molar-refractivity contribution in [3.8, 4) is 10.4 Å². The van der Waals surface area contributed by atoms with E-state index in [9.17, 15) is 0 Å². The third kappa shape index (κ3) is 1.81. The normalized spacial score (nSPS) is 12.0. The molecule has 0 aliphatic rings. The van der Waals surface area contributed by atoms with Crippen molar-refractivity contribution in [2.45, 2.75) is 26.2 Å². The molecule has 2 aromatic rings. The second-order valence-corrected chi connectivity index (χ2v) is 5.49. The number of aromatic nitrogens is 3. The van der Waals surface area contributed by atoms with Gasteiger partial charge >= 0.3 is 0 Å². The van der Waals surface area contributed by atoms with Crippen molar-refractivity contribution in [2.24, 2.45) is 7.05 Å². The molecule has 15 heavy (non-hydrogen) atoms. The molecule has 3 nitrogen and oxygen atoms in total. The average Bonchev–Trinajstić information content (AvgIpc) is 2.68. The zero-order valence-corrected chi connectivity index (χ0v) is 10.3. The molecule has 0 aliphatic heterocycles. The van der Waals surface area contributed by atoms with E-state index in [1.165, 1.54) is 27.7 Å². The Balaban J connectivity index is 2.59. The van der Waals surface area contributed by atoms with E-state index in [2.05, 4.69) is 30.2 Å². The minimum absolute atomic E-state index is 0.102. The Morgan fingerprint density at radius 3 is 2.60 bits per heavy atom. The fourth-order valence-electron chi connectivity index (χ4n) is 1.86. The summed E-state index contributed by atoms with van der Waals surface area (Å²) in [6, 6.07) is 2.04. The van der Waals surface area contributed by atoms with Crippen LogP contribution < -0.4 is 0 Å². The molecule has 4 heteroatoms. The lowest BCUT2D eigenvalue weighted by Crippen LogP contribution is -2.17. The SMILES string of the molecule is Cn1ncc(-c2ccns2)c1C(C)(C)C. The fraction of sp³-hybridized carbons (Fsp3) is 0.455. The molecule has 80 valence electrons. The van der Waals surface area contributed by atoms with Gasteiger partial charge in [0.1, 0.15) is 0 Å². The molecule has 0 N–H and O–H groups in total. The van der Waals surface area contributed by atoms with E-state index < -0.39 is 0 Å². The van der Waals surface area contributed by atoms with Gasteiger partial charge in [-0.25, -0.2) is 4.37 Å². The lowest BCUT2D eigenvalue weighted by Gasteiger charge is -2.20. The lowest BCUT2D eigenvalue weighted by molar-refractivity contribution is 0.524. The first-order valence-electron chi connectivity index (χ1n) is 4.93. The quantitative estimate of drug-likeness (QED) is 0.741. The highest BCUT2D eigenvalue weighted by atomic mass is 32.1. The summed E-state index contributed by atoms with van der Waals surface area (Å²) in [7, 11) is 1.99. The maximum Gasteiger partial charge on any atom is 0.0584 e. The molecular weight excluding hydrogens is 206 g/mol. The van der Waals surface area contributed by atoms with Crippen molar-refractivity contribution in [2.75, 3.05) is 0 Å². The first-order chi connectivity index (χ1) is 7.00. The lowest BCUT2D eigenvalue weighted by atomic mass is 9.89. The Kier molecular flexibility index (Phi) is 2.38. The molecule has 0 spiro atoms. The number of hydrogen-bond acceptors (Lipinski definition) is 3. The second kappa shape index (κ2) is 3.45. The van der Waals surface area contributed by atoms with Crippen molar-refractivity contribution in [3.63, 3.8) is 0 Å². The molecule has 0 radical (unpaired) electrons. The molecule has 0 aromatic carbocycles. The van der Waals surface area contributed by atoms with Crippen LogP contribution in [0.3, 0.4) is 0 Å². The number of nitrogens with zero attached hydrogens (tertiary/aromatic N) is 3. The van der Waals surface area contributed by atoms with E-state index in [4.69, 9.17) is 0 Å². The highest BCUT2D eigenvalue weighted by molar-refractivity contribution is 7.09.